The number of ether oxygens (including phenoxy) is 1. The van der Waals surface area contributed by atoms with Crippen LogP contribution in [0.15, 0.2) is 30.7 Å². The maximum absolute atomic E-state index is 12.1. The molecule has 0 bridgehead atoms. The average molecular weight is 371 g/mol. The summed E-state index contributed by atoms with van der Waals surface area (Å²) >= 11 is 0. The fourth-order valence-electron chi connectivity index (χ4n) is 3.15. The van der Waals surface area contributed by atoms with E-state index in [1.54, 1.807) is 24.2 Å². The van der Waals surface area contributed by atoms with Crippen molar-refractivity contribution in [2.75, 3.05) is 26.2 Å². The molecule has 0 aliphatic carbocycles. The van der Waals surface area contributed by atoms with E-state index < -0.39 is 0 Å². The summed E-state index contributed by atoms with van der Waals surface area (Å²) in [5, 5.41) is 2.76. The second kappa shape index (κ2) is 8.66. The number of nitrogens with zero attached hydrogens (tertiary/aromatic N) is 4. The maximum atomic E-state index is 12.1. The van der Waals surface area contributed by atoms with E-state index in [2.05, 4.69) is 19.9 Å². The van der Waals surface area contributed by atoms with Crippen molar-refractivity contribution in [3.63, 3.8) is 0 Å². The molecule has 0 saturated carbocycles. The van der Waals surface area contributed by atoms with Crippen LogP contribution in [0.25, 0.3) is 11.4 Å². The number of urea groups is 1. The summed E-state index contributed by atoms with van der Waals surface area (Å²) in [6, 6.07) is 3.76. The van der Waals surface area contributed by atoms with Gasteiger partial charge in [-0.3, -0.25) is 9.78 Å². The first-order valence-electron chi connectivity index (χ1n) is 9.19. The summed E-state index contributed by atoms with van der Waals surface area (Å²) in [5.74, 6) is 1.01. The van der Waals surface area contributed by atoms with Crippen LogP contribution in [0, 0.1) is 12.8 Å². The molecule has 2 aromatic heterocycles. The van der Waals surface area contributed by atoms with E-state index >= 15 is 0 Å². The van der Waals surface area contributed by atoms with Gasteiger partial charge in [0.1, 0.15) is 5.82 Å². The van der Waals surface area contributed by atoms with Crippen molar-refractivity contribution in [1.82, 2.24) is 24.8 Å². The molecule has 27 heavy (non-hydrogen) atoms. The van der Waals surface area contributed by atoms with E-state index in [-0.39, 0.29) is 18.4 Å². The molecule has 2 amide bonds. The predicted octanol–water partition coefficient (Wildman–Crippen LogP) is 1.85. The van der Waals surface area contributed by atoms with Gasteiger partial charge in [-0.2, -0.15) is 0 Å². The maximum Gasteiger partial charge on any atom is 0.317 e. The van der Waals surface area contributed by atoms with E-state index in [0.717, 1.165) is 23.6 Å². The number of aromatic nitrogens is 3. The third kappa shape index (κ3) is 4.64. The van der Waals surface area contributed by atoms with Gasteiger partial charge in [-0.1, -0.05) is 0 Å². The summed E-state index contributed by atoms with van der Waals surface area (Å²) in [6.45, 7) is 6.66. The number of aryl methyl sites for hydroxylation is 1. The Balaban J connectivity index is 1.48. The zero-order chi connectivity index (χ0) is 19.2. The lowest BCUT2D eigenvalue weighted by Gasteiger charge is -2.39. The van der Waals surface area contributed by atoms with Gasteiger partial charge in [0.05, 0.1) is 13.0 Å². The first kappa shape index (κ1) is 18.9. The highest BCUT2D eigenvalue weighted by Crippen LogP contribution is 2.24. The Bertz CT molecular complexity index is 784. The molecule has 144 valence electrons. The number of rotatable bonds is 7. The van der Waals surface area contributed by atoms with Crippen molar-refractivity contribution >= 4 is 12.0 Å². The molecule has 0 unspecified atom stereocenters. The average Bonchev–Trinajstić information content (AvgIpc) is 2.99. The summed E-state index contributed by atoms with van der Waals surface area (Å²) in [6.07, 6.45) is 5.58. The quantitative estimate of drug-likeness (QED) is 0.750. The van der Waals surface area contributed by atoms with Crippen molar-refractivity contribution in [2.45, 2.75) is 26.8 Å². The molecule has 0 radical (unpaired) electrons. The number of pyridine rings is 1. The SMILES string of the molecule is CCOC(=O)CCNC(=O)N1CC(Cn2c(C)cnc2-c2ccncc2)C1. The summed E-state index contributed by atoms with van der Waals surface area (Å²) < 4.78 is 7.03. The van der Waals surface area contributed by atoms with Gasteiger partial charge in [0.15, 0.2) is 0 Å². The molecule has 0 spiro atoms. The molecule has 8 nitrogen and oxygen atoms in total. The normalized spacial score (nSPS) is 13.9. The summed E-state index contributed by atoms with van der Waals surface area (Å²) in [4.78, 5) is 33.7. The number of carbonyl (C=O) groups excluding carboxylic acids is 2. The fraction of sp³-hybridized carbons (Fsp3) is 0.474. The molecule has 1 aliphatic heterocycles. The molecule has 3 rings (SSSR count). The van der Waals surface area contributed by atoms with E-state index in [0.29, 0.717) is 32.2 Å². The van der Waals surface area contributed by atoms with Crippen LogP contribution in [0.5, 0.6) is 0 Å². The zero-order valence-electron chi connectivity index (χ0n) is 15.7. The predicted molar refractivity (Wildman–Crippen MR) is 99.9 cm³/mol. The number of nitrogens with one attached hydrogen (secondary N) is 1. The Hall–Kier alpha value is -2.90. The fourth-order valence-corrected chi connectivity index (χ4v) is 3.15. The van der Waals surface area contributed by atoms with Crippen LogP contribution < -0.4 is 5.32 Å². The van der Waals surface area contributed by atoms with E-state index in [1.165, 1.54) is 0 Å². The van der Waals surface area contributed by atoms with E-state index in [9.17, 15) is 9.59 Å². The second-order valence-corrected chi connectivity index (χ2v) is 6.63. The second-order valence-electron chi connectivity index (χ2n) is 6.63. The van der Waals surface area contributed by atoms with Crippen LogP contribution in [-0.2, 0) is 16.1 Å². The molecule has 0 atom stereocenters. The van der Waals surface area contributed by atoms with Gasteiger partial charge < -0.3 is 19.5 Å². The molecule has 1 N–H and O–H groups in total. The van der Waals surface area contributed by atoms with Gasteiger partial charge in [-0.15, -0.1) is 0 Å². The number of imidazole rings is 1. The van der Waals surface area contributed by atoms with Gasteiger partial charge in [-0.25, -0.2) is 9.78 Å². The highest BCUT2D eigenvalue weighted by atomic mass is 16.5. The number of amides is 2. The summed E-state index contributed by atoms with van der Waals surface area (Å²) in [7, 11) is 0. The highest BCUT2D eigenvalue weighted by Gasteiger charge is 2.31. The Morgan fingerprint density at radius 3 is 2.74 bits per heavy atom. The molecule has 8 heteroatoms. The molecule has 3 heterocycles. The standard InChI is InChI=1S/C19H25N5O3/c1-3-27-17(25)6-9-21-19(26)23-11-15(12-23)13-24-14(2)10-22-18(24)16-4-7-20-8-5-16/h4-5,7-8,10,15H,3,6,9,11-13H2,1-2H3,(H,21,26). The van der Waals surface area contributed by atoms with E-state index in [4.69, 9.17) is 4.74 Å². The number of hydrogen-bond acceptors (Lipinski definition) is 5. The first-order chi connectivity index (χ1) is 13.1. The Morgan fingerprint density at radius 1 is 1.30 bits per heavy atom. The van der Waals surface area contributed by atoms with Crippen LogP contribution in [0.1, 0.15) is 19.0 Å². The third-order valence-corrected chi connectivity index (χ3v) is 4.59. The number of hydrogen-bond donors (Lipinski definition) is 1. The molecule has 0 aromatic carbocycles. The van der Waals surface area contributed by atoms with Crippen molar-refractivity contribution in [2.24, 2.45) is 5.92 Å². The smallest absolute Gasteiger partial charge is 0.317 e. The lowest BCUT2D eigenvalue weighted by molar-refractivity contribution is -0.142. The van der Waals surface area contributed by atoms with Crippen molar-refractivity contribution in [3.8, 4) is 11.4 Å². The van der Waals surface area contributed by atoms with Crippen LogP contribution in [-0.4, -0.2) is 57.7 Å². The van der Waals surface area contributed by atoms with Gasteiger partial charge in [0.2, 0.25) is 0 Å². The molecule has 1 aliphatic rings. The Morgan fingerprint density at radius 2 is 2.04 bits per heavy atom. The monoisotopic (exact) mass is 371 g/mol. The van der Waals surface area contributed by atoms with Crippen LogP contribution in [0.2, 0.25) is 0 Å². The van der Waals surface area contributed by atoms with Crippen molar-refractivity contribution in [3.05, 3.63) is 36.4 Å². The van der Waals surface area contributed by atoms with Crippen molar-refractivity contribution < 1.29 is 14.3 Å². The third-order valence-electron chi connectivity index (χ3n) is 4.59. The molecular formula is C19H25N5O3. The van der Waals surface area contributed by atoms with Gasteiger partial charge in [0, 0.05) is 61.9 Å². The summed E-state index contributed by atoms with van der Waals surface area (Å²) in [5.41, 5.74) is 2.13. The zero-order valence-corrected chi connectivity index (χ0v) is 15.7. The number of esters is 1. The minimum atomic E-state index is -0.293. The Kier molecular flexibility index (Phi) is 6.05. The Labute approximate surface area is 158 Å². The topological polar surface area (TPSA) is 89.4 Å². The minimum absolute atomic E-state index is 0.132. The van der Waals surface area contributed by atoms with Gasteiger partial charge in [0.25, 0.3) is 0 Å². The van der Waals surface area contributed by atoms with Crippen LogP contribution >= 0.6 is 0 Å². The first-order valence-corrected chi connectivity index (χ1v) is 9.19. The molecule has 1 fully saturated rings. The highest BCUT2D eigenvalue weighted by molar-refractivity contribution is 5.76. The molecule has 1 saturated heterocycles. The lowest BCUT2D eigenvalue weighted by atomic mass is 10.0. The van der Waals surface area contributed by atoms with E-state index in [1.807, 2.05) is 25.3 Å². The van der Waals surface area contributed by atoms with Crippen LogP contribution in [0.4, 0.5) is 4.79 Å². The molecule has 2 aromatic rings. The largest absolute Gasteiger partial charge is 0.466 e. The number of carbonyl (C=O) groups is 2. The van der Waals surface area contributed by atoms with Crippen LogP contribution in [0.3, 0.4) is 0 Å². The van der Waals surface area contributed by atoms with Gasteiger partial charge >= 0.3 is 12.0 Å². The minimum Gasteiger partial charge on any atom is -0.466 e. The molecular weight excluding hydrogens is 346 g/mol. The number of likely N-dealkylation sites (tertiary alicyclic amines) is 1. The van der Waals surface area contributed by atoms with Crippen molar-refractivity contribution in [1.29, 1.82) is 0 Å². The van der Waals surface area contributed by atoms with Gasteiger partial charge in [-0.05, 0) is 26.0 Å². The lowest BCUT2D eigenvalue weighted by Crippen LogP contribution is -2.55.